The van der Waals surface area contributed by atoms with Gasteiger partial charge in [-0.05, 0) is 13.8 Å². The smallest absolute Gasteiger partial charge is 0.337 e. The lowest BCUT2D eigenvalue weighted by Gasteiger charge is -2.37. The van der Waals surface area contributed by atoms with Gasteiger partial charge < -0.3 is 4.74 Å². The molecule has 0 aromatic heterocycles. The average Bonchev–Trinajstić information content (AvgIpc) is 2.22. The normalized spacial score (nSPS) is 15.7. The Morgan fingerprint density at radius 3 is 2.21 bits per heavy atom. The molecule has 0 aliphatic heterocycles. The van der Waals surface area contributed by atoms with Crippen molar-refractivity contribution >= 4 is 16.1 Å². The molecule has 1 N–H and O–H groups in total. The summed E-state index contributed by atoms with van der Waals surface area (Å²) in [5, 5.41) is -0.930. The number of hydrogen-bond acceptors (Lipinski definition) is 4. The zero-order valence-electron chi connectivity index (χ0n) is 12.2. The predicted molar refractivity (Wildman–Crippen MR) is 73.0 cm³/mol. The molecule has 2 atom stereocenters. The maximum Gasteiger partial charge on any atom is 0.337 e. The molecule has 0 amide bonds. The summed E-state index contributed by atoms with van der Waals surface area (Å²) in [6, 6.07) is 0. The molecule has 0 spiro atoms. The summed E-state index contributed by atoms with van der Waals surface area (Å²) in [6.45, 7) is 8.46. The molecule has 19 heavy (non-hydrogen) atoms. The number of hydrogen-bond donors (Lipinski definition) is 1. The maximum atomic E-state index is 11.5. The van der Waals surface area contributed by atoms with Gasteiger partial charge in [0.25, 0.3) is 10.1 Å². The molecule has 7 heteroatoms. The van der Waals surface area contributed by atoms with Crippen LogP contribution in [0.3, 0.4) is 0 Å². The van der Waals surface area contributed by atoms with E-state index in [0.29, 0.717) is 12.0 Å². The number of rotatable bonds is 7. The van der Waals surface area contributed by atoms with Crippen LogP contribution in [0.15, 0.2) is 12.2 Å². The molecule has 0 rings (SSSR count). The topological polar surface area (TPSA) is 80.7 Å². The maximum absolute atomic E-state index is 11.5. The van der Waals surface area contributed by atoms with E-state index in [1.54, 1.807) is 21.0 Å². The van der Waals surface area contributed by atoms with Crippen molar-refractivity contribution in [3.8, 4) is 0 Å². The lowest BCUT2D eigenvalue weighted by atomic mass is 10.3. The fourth-order valence-corrected chi connectivity index (χ4v) is 2.39. The van der Waals surface area contributed by atoms with E-state index in [1.165, 1.54) is 6.92 Å². The van der Waals surface area contributed by atoms with Crippen molar-refractivity contribution in [2.45, 2.75) is 38.7 Å². The lowest BCUT2D eigenvalue weighted by Crippen LogP contribution is -2.54. The highest BCUT2D eigenvalue weighted by Crippen LogP contribution is 2.16. The van der Waals surface area contributed by atoms with Crippen LogP contribution in [-0.2, 0) is 19.6 Å². The Labute approximate surface area is 115 Å². The SMILES string of the molecule is C=C(C)C(=O)OC(CC)[N+](C)(C)CC(C)S(=O)(=O)O. The molecule has 0 saturated heterocycles. The van der Waals surface area contributed by atoms with Crippen LogP contribution in [0.1, 0.15) is 27.2 Å². The van der Waals surface area contributed by atoms with Crippen LogP contribution < -0.4 is 0 Å². The molecule has 2 unspecified atom stereocenters. The first kappa shape index (κ1) is 18.1. The van der Waals surface area contributed by atoms with Crippen LogP contribution >= 0.6 is 0 Å². The van der Waals surface area contributed by atoms with Crippen molar-refractivity contribution in [2.75, 3.05) is 20.6 Å². The number of quaternary nitrogens is 1. The number of carbonyl (C=O) groups excluding carboxylic acids is 1. The summed E-state index contributed by atoms with van der Waals surface area (Å²) in [4.78, 5) is 11.5. The van der Waals surface area contributed by atoms with Gasteiger partial charge in [0.1, 0.15) is 11.8 Å². The molecular weight excluding hydrogens is 270 g/mol. The third-order valence-corrected chi connectivity index (χ3v) is 4.12. The van der Waals surface area contributed by atoms with E-state index >= 15 is 0 Å². The van der Waals surface area contributed by atoms with Crippen molar-refractivity contribution in [1.29, 1.82) is 0 Å². The Hall–Kier alpha value is -0.920. The van der Waals surface area contributed by atoms with Crippen molar-refractivity contribution in [1.82, 2.24) is 0 Å². The fourth-order valence-electron chi connectivity index (χ4n) is 1.82. The van der Waals surface area contributed by atoms with E-state index in [4.69, 9.17) is 9.29 Å². The van der Waals surface area contributed by atoms with E-state index in [1.807, 2.05) is 6.92 Å². The zero-order valence-corrected chi connectivity index (χ0v) is 13.0. The van der Waals surface area contributed by atoms with Crippen LogP contribution in [0.5, 0.6) is 0 Å². The largest absolute Gasteiger partial charge is 0.409 e. The van der Waals surface area contributed by atoms with Crippen molar-refractivity contribution in [3.63, 3.8) is 0 Å². The van der Waals surface area contributed by atoms with Gasteiger partial charge >= 0.3 is 5.97 Å². The van der Waals surface area contributed by atoms with E-state index in [0.717, 1.165) is 0 Å². The number of nitrogens with zero attached hydrogens (tertiary/aromatic N) is 1. The molecule has 0 saturated carbocycles. The molecule has 6 nitrogen and oxygen atoms in total. The van der Waals surface area contributed by atoms with Crippen LogP contribution in [0, 0.1) is 0 Å². The molecule has 112 valence electrons. The van der Waals surface area contributed by atoms with Gasteiger partial charge in [-0.15, -0.1) is 0 Å². The van der Waals surface area contributed by atoms with Gasteiger partial charge in [-0.25, -0.2) is 4.79 Å². The Morgan fingerprint density at radius 1 is 1.42 bits per heavy atom. The number of esters is 1. The summed E-state index contributed by atoms with van der Waals surface area (Å²) >= 11 is 0. The molecular formula is C12H24NO5S+. The summed E-state index contributed by atoms with van der Waals surface area (Å²) in [7, 11) is -0.593. The van der Waals surface area contributed by atoms with Gasteiger partial charge in [-0.2, -0.15) is 8.42 Å². The Kier molecular flexibility index (Phi) is 6.18. The van der Waals surface area contributed by atoms with Crippen LogP contribution in [0.25, 0.3) is 0 Å². The van der Waals surface area contributed by atoms with Crippen molar-refractivity contribution in [3.05, 3.63) is 12.2 Å². The predicted octanol–water partition coefficient (Wildman–Crippen LogP) is 1.19. The van der Waals surface area contributed by atoms with Crippen molar-refractivity contribution < 1.29 is 27.0 Å². The van der Waals surface area contributed by atoms with Gasteiger partial charge in [-0.3, -0.25) is 9.04 Å². The zero-order chi connectivity index (χ0) is 15.4. The monoisotopic (exact) mass is 294 g/mol. The first-order valence-corrected chi connectivity index (χ1v) is 7.57. The van der Waals surface area contributed by atoms with Crippen LogP contribution in [-0.4, -0.2) is 55.5 Å². The number of carbonyl (C=O) groups is 1. The summed E-state index contributed by atoms with van der Waals surface area (Å²) in [6.07, 6.45) is 0.0397. The molecule has 0 bridgehead atoms. The van der Waals surface area contributed by atoms with E-state index < -0.39 is 27.6 Å². The van der Waals surface area contributed by atoms with E-state index in [9.17, 15) is 13.2 Å². The highest BCUT2D eigenvalue weighted by Gasteiger charge is 2.35. The summed E-state index contributed by atoms with van der Waals surface area (Å²) in [5.74, 6) is -0.502. The quantitative estimate of drug-likeness (QED) is 0.251. The molecule has 0 radical (unpaired) electrons. The van der Waals surface area contributed by atoms with Gasteiger partial charge in [-0.1, -0.05) is 13.5 Å². The molecule has 0 aromatic carbocycles. The van der Waals surface area contributed by atoms with Gasteiger partial charge in [0.15, 0.2) is 0 Å². The van der Waals surface area contributed by atoms with Crippen LogP contribution in [0.2, 0.25) is 0 Å². The Bertz CT molecular complexity index is 441. The minimum atomic E-state index is -4.10. The molecule has 0 aliphatic carbocycles. The second kappa shape index (κ2) is 6.49. The minimum absolute atomic E-state index is 0.140. The Morgan fingerprint density at radius 2 is 1.89 bits per heavy atom. The average molecular weight is 294 g/mol. The summed E-state index contributed by atoms with van der Waals surface area (Å²) in [5.41, 5.74) is 0.293. The second-order valence-electron chi connectivity index (χ2n) is 5.34. The standard InChI is InChI=1S/C12H23NO5S/c1-7-11(18-12(14)9(2)3)13(5,6)8-10(4)19(15,16)17/h10-11H,2,7-8H2,1,3-6H3/p+1. The minimum Gasteiger partial charge on any atom is -0.409 e. The van der Waals surface area contributed by atoms with Gasteiger partial charge in [0.05, 0.1) is 14.1 Å². The number of ether oxygens (including phenoxy) is 1. The third-order valence-electron chi connectivity index (χ3n) is 2.96. The third kappa shape index (κ3) is 5.71. The second-order valence-corrected chi connectivity index (χ2v) is 7.17. The summed E-state index contributed by atoms with van der Waals surface area (Å²) < 4.78 is 36.6. The molecule has 0 heterocycles. The molecule has 0 aliphatic rings. The van der Waals surface area contributed by atoms with Gasteiger partial charge in [0, 0.05) is 12.0 Å². The lowest BCUT2D eigenvalue weighted by molar-refractivity contribution is -0.934. The highest BCUT2D eigenvalue weighted by molar-refractivity contribution is 7.86. The Balaban J connectivity index is 4.93. The van der Waals surface area contributed by atoms with Crippen molar-refractivity contribution in [2.24, 2.45) is 0 Å². The molecule has 0 aromatic rings. The van der Waals surface area contributed by atoms with Gasteiger partial charge in [0.2, 0.25) is 6.23 Å². The highest BCUT2D eigenvalue weighted by atomic mass is 32.2. The van der Waals surface area contributed by atoms with E-state index in [-0.39, 0.29) is 11.0 Å². The molecule has 0 fully saturated rings. The van der Waals surface area contributed by atoms with E-state index in [2.05, 4.69) is 6.58 Å². The first-order chi connectivity index (χ1) is 8.41. The first-order valence-electron chi connectivity index (χ1n) is 6.07. The van der Waals surface area contributed by atoms with Crippen LogP contribution in [0.4, 0.5) is 0 Å². The fraction of sp³-hybridized carbons (Fsp3) is 0.750.